The third-order valence-corrected chi connectivity index (χ3v) is 11.2. The summed E-state index contributed by atoms with van der Waals surface area (Å²) < 4.78 is 9.10. The van der Waals surface area contributed by atoms with Crippen LogP contribution in [0.3, 0.4) is 0 Å². The number of hydrogen-bond acceptors (Lipinski definition) is 4. The van der Waals surface area contributed by atoms with Crippen molar-refractivity contribution in [3.63, 3.8) is 0 Å². The lowest BCUT2D eigenvalue weighted by Crippen LogP contribution is -2.24. The number of rotatable bonds is 8. The summed E-state index contributed by atoms with van der Waals surface area (Å²) in [5.74, 6) is 2.41. The summed E-state index contributed by atoms with van der Waals surface area (Å²) in [4.78, 5) is 9.50. The van der Waals surface area contributed by atoms with Crippen molar-refractivity contribution in [1.29, 1.82) is 0 Å². The molecule has 0 saturated carbocycles. The molecule has 0 atom stereocenters. The lowest BCUT2D eigenvalue weighted by atomic mass is 9.78. The molecule has 56 heavy (non-hydrogen) atoms. The van der Waals surface area contributed by atoms with E-state index in [9.17, 15) is 0 Å². The van der Waals surface area contributed by atoms with Gasteiger partial charge in [0.2, 0.25) is 0 Å². The van der Waals surface area contributed by atoms with Gasteiger partial charge in [0.15, 0.2) is 0 Å². The van der Waals surface area contributed by atoms with Gasteiger partial charge in [-0.15, -0.1) is 0 Å². The number of benzene rings is 6. The summed E-state index contributed by atoms with van der Waals surface area (Å²) in [6.45, 7) is 12.0. The van der Waals surface area contributed by atoms with Crippen LogP contribution in [0.2, 0.25) is 0 Å². The topological polar surface area (TPSA) is 33.5 Å². The third kappa shape index (κ3) is 6.60. The Balaban J connectivity index is 1.08. The molecule has 0 amide bonds. The first-order chi connectivity index (χ1) is 27.1. The van der Waals surface area contributed by atoms with Crippen molar-refractivity contribution >= 4 is 33.2 Å². The standard InChI is InChI=1S/C51H46N4O/c1-50(2,3)38-20-22-41(23-21-38)53-28-29-54(35-53)42-30-37(36-14-8-6-9-15-36)31-44(33-42)56-43-24-25-46-45-18-12-13-19-47(45)55(48(46)34-43)49-32-40(26-27-52-49)51(4,5)39-16-10-7-11-17-39/h6-34H,35H2,1-5H3. The molecule has 0 aliphatic carbocycles. The molecule has 3 heterocycles. The average Bonchev–Trinajstić information content (AvgIpc) is 3.85. The van der Waals surface area contributed by atoms with E-state index in [0.717, 1.165) is 50.6 Å². The average molecular weight is 731 g/mol. The highest BCUT2D eigenvalue weighted by Gasteiger charge is 2.25. The normalized spacial score (nSPS) is 13.2. The zero-order valence-corrected chi connectivity index (χ0v) is 32.6. The molecule has 0 N–H and O–H groups in total. The molecule has 9 rings (SSSR count). The first-order valence-electron chi connectivity index (χ1n) is 19.4. The Hall–Kier alpha value is -6.59. The first-order valence-corrected chi connectivity index (χ1v) is 19.4. The quantitative estimate of drug-likeness (QED) is 0.156. The van der Waals surface area contributed by atoms with Crippen molar-refractivity contribution in [2.45, 2.75) is 45.4 Å². The summed E-state index contributed by atoms with van der Waals surface area (Å²) in [5.41, 5.74) is 10.3. The number of hydrogen-bond donors (Lipinski definition) is 0. The Morgan fingerprint density at radius 1 is 0.500 bits per heavy atom. The van der Waals surface area contributed by atoms with Gasteiger partial charge in [-0.25, -0.2) is 4.98 Å². The van der Waals surface area contributed by atoms with Crippen LogP contribution in [0.1, 0.15) is 51.3 Å². The number of nitrogens with zero attached hydrogens (tertiary/aromatic N) is 4. The summed E-state index contributed by atoms with van der Waals surface area (Å²) in [5, 5.41) is 2.33. The third-order valence-electron chi connectivity index (χ3n) is 11.2. The van der Waals surface area contributed by atoms with Gasteiger partial charge in [0, 0.05) is 58.3 Å². The second-order valence-corrected chi connectivity index (χ2v) is 16.3. The minimum atomic E-state index is -0.202. The van der Waals surface area contributed by atoms with E-state index in [4.69, 9.17) is 9.72 Å². The minimum Gasteiger partial charge on any atom is -0.457 e. The van der Waals surface area contributed by atoms with Crippen LogP contribution < -0.4 is 14.5 Å². The van der Waals surface area contributed by atoms with Crippen LogP contribution in [0, 0.1) is 0 Å². The van der Waals surface area contributed by atoms with Crippen LogP contribution in [-0.4, -0.2) is 16.2 Å². The number of anilines is 2. The van der Waals surface area contributed by atoms with Gasteiger partial charge in [0.05, 0.1) is 17.7 Å². The van der Waals surface area contributed by atoms with Crippen molar-refractivity contribution in [3.05, 3.63) is 193 Å². The van der Waals surface area contributed by atoms with Gasteiger partial charge >= 0.3 is 0 Å². The number of ether oxygens (including phenoxy) is 1. The Morgan fingerprint density at radius 2 is 1.18 bits per heavy atom. The predicted molar refractivity (Wildman–Crippen MR) is 233 cm³/mol. The first kappa shape index (κ1) is 35.1. The predicted octanol–water partition coefficient (Wildman–Crippen LogP) is 13.0. The van der Waals surface area contributed by atoms with Gasteiger partial charge in [-0.2, -0.15) is 0 Å². The van der Waals surface area contributed by atoms with Crippen LogP contribution in [-0.2, 0) is 10.8 Å². The maximum absolute atomic E-state index is 6.83. The molecule has 0 saturated heterocycles. The second kappa shape index (κ2) is 13.9. The van der Waals surface area contributed by atoms with E-state index in [1.807, 2.05) is 6.20 Å². The van der Waals surface area contributed by atoms with E-state index in [0.29, 0.717) is 6.67 Å². The zero-order valence-electron chi connectivity index (χ0n) is 32.6. The smallest absolute Gasteiger partial charge is 0.137 e. The van der Waals surface area contributed by atoms with E-state index in [1.165, 1.54) is 27.8 Å². The molecular weight excluding hydrogens is 685 g/mol. The van der Waals surface area contributed by atoms with Crippen LogP contribution in [0.25, 0.3) is 38.8 Å². The Labute approximate surface area is 329 Å². The zero-order chi connectivity index (χ0) is 38.4. The van der Waals surface area contributed by atoms with Crippen molar-refractivity contribution in [1.82, 2.24) is 9.55 Å². The van der Waals surface area contributed by atoms with E-state index in [-0.39, 0.29) is 10.8 Å². The lowest BCUT2D eigenvalue weighted by Gasteiger charge is -2.26. The van der Waals surface area contributed by atoms with Gasteiger partial charge in [-0.3, -0.25) is 4.57 Å². The largest absolute Gasteiger partial charge is 0.457 e. The fraction of sp³-hybridized carbons (Fsp3) is 0.157. The van der Waals surface area contributed by atoms with Crippen molar-refractivity contribution in [3.8, 4) is 28.4 Å². The van der Waals surface area contributed by atoms with Crippen molar-refractivity contribution < 1.29 is 4.74 Å². The fourth-order valence-electron chi connectivity index (χ4n) is 7.86. The number of fused-ring (bicyclic) bond motifs is 3. The summed E-state index contributed by atoms with van der Waals surface area (Å²) >= 11 is 0. The molecule has 0 radical (unpaired) electrons. The molecule has 0 fully saturated rings. The molecule has 5 heteroatoms. The van der Waals surface area contributed by atoms with E-state index >= 15 is 0 Å². The van der Waals surface area contributed by atoms with Gasteiger partial charge < -0.3 is 14.5 Å². The van der Waals surface area contributed by atoms with E-state index < -0.39 is 0 Å². The van der Waals surface area contributed by atoms with Gasteiger partial charge in [0.1, 0.15) is 17.3 Å². The highest BCUT2D eigenvalue weighted by molar-refractivity contribution is 6.09. The molecular formula is C51H46N4O. The SMILES string of the molecule is CC(C)(C)c1ccc(N2C=CN(c3cc(Oc4ccc5c6ccccc6n(-c6cc(C(C)(C)c7ccccc7)ccn6)c5c4)cc(-c4ccccc4)c3)C2)cc1. The van der Waals surface area contributed by atoms with Crippen LogP contribution in [0.5, 0.6) is 11.5 Å². The Kier molecular flexibility index (Phi) is 8.73. The Bertz CT molecular complexity index is 2700. The maximum atomic E-state index is 6.83. The maximum Gasteiger partial charge on any atom is 0.137 e. The molecule has 0 bridgehead atoms. The molecule has 2 aromatic heterocycles. The number of para-hydroxylation sites is 1. The molecule has 0 spiro atoms. The van der Waals surface area contributed by atoms with Gasteiger partial charge in [-0.1, -0.05) is 126 Å². The Morgan fingerprint density at radius 3 is 1.93 bits per heavy atom. The number of aromatic nitrogens is 2. The molecule has 0 unspecified atom stereocenters. The van der Waals surface area contributed by atoms with Crippen LogP contribution in [0.4, 0.5) is 11.4 Å². The van der Waals surface area contributed by atoms with Gasteiger partial charge in [0.25, 0.3) is 0 Å². The van der Waals surface area contributed by atoms with Crippen molar-refractivity contribution in [2.24, 2.45) is 0 Å². The summed E-state index contributed by atoms with van der Waals surface area (Å²) in [6.07, 6.45) is 6.23. The molecule has 6 aromatic carbocycles. The highest BCUT2D eigenvalue weighted by Crippen LogP contribution is 2.39. The summed E-state index contributed by atoms with van der Waals surface area (Å²) in [6, 6.07) is 56.0. The van der Waals surface area contributed by atoms with E-state index in [1.54, 1.807) is 0 Å². The van der Waals surface area contributed by atoms with Crippen molar-refractivity contribution in [2.75, 3.05) is 16.5 Å². The van der Waals surface area contributed by atoms with E-state index in [2.05, 4.69) is 219 Å². The molecule has 5 nitrogen and oxygen atoms in total. The molecule has 1 aliphatic heterocycles. The molecule has 8 aromatic rings. The summed E-state index contributed by atoms with van der Waals surface area (Å²) in [7, 11) is 0. The van der Waals surface area contributed by atoms with Crippen LogP contribution >= 0.6 is 0 Å². The van der Waals surface area contributed by atoms with Gasteiger partial charge in [-0.05, 0) is 87.8 Å². The highest BCUT2D eigenvalue weighted by atomic mass is 16.5. The molecule has 1 aliphatic rings. The minimum absolute atomic E-state index is 0.114. The fourth-order valence-corrected chi connectivity index (χ4v) is 7.86. The molecule has 276 valence electrons. The monoisotopic (exact) mass is 730 g/mol. The lowest BCUT2D eigenvalue weighted by molar-refractivity contribution is 0.483. The van der Waals surface area contributed by atoms with Crippen LogP contribution in [0.15, 0.2) is 176 Å². The second-order valence-electron chi connectivity index (χ2n) is 16.3. The number of pyridine rings is 1.